The zero-order chi connectivity index (χ0) is 24.2. The Labute approximate surface area is 192 Å². The van der Waals surface area contributed by atoms with Crippen LogP contribution in [-0.2, 0) is 22.4 Å². The highest BCUT2D eigenvalue weighted by atomic mass is 16.4. The van der Waals surface area contributed by atoms with E-state index in [9.17, 15) is 9.59 Å². The van der Waals surface area contributed by atoms with Crippen LogP contribution in [-0.4, -0.2) is 34.2 Å². The van der Waals surface area contributed by atoms with E-state index in [4.69, 9.17) is 21.7 Å². The Morgan fingerprint density at radius 3 is 1.22 bits per heavy atom. The van der Waals surface area contributed by atoms with Gasteiger partial charge in [-0.05, 0) is 24.0 Å². The van der Waals surface area contributed by atoms with Crippen molar-refractivity contribution < 1.29 is 19.8 Å². The molecule has 0 saturated heterocycles. The molecule has 0 fully saturated rings. The molecule has 0 aromatic heterocycles. The number of unbranched alkanes of at least 4 members (excludes halogenated alkanes) is 5. The van der Waals surface area contributed by atoms with Crippen molar-refractivity contribution in [3.63, 3.8) is 0 Å². The van der Waals surface area contributed by atoms with Gasteiger partial charge in [-0.3, -0.25) is 9.59 Å². The summed E-state index contributed by atoms with van der Waals surface area (Å²) in [5, 5.41) is 17.0. The second-order valence-corrected chi connectivity index (χ2v) is 7.68. The largest absolute Gasteiger partial charge is 0.480 e. The Balaban J connectivity index is 0.000000462. The van der Waals surface area contributed by atoms with E-state index in [1.54, 1.807) is 0 Å². The summed E-state index contributed by atoms with van der Waals surface area (Å²) in [6, 6.07) is 17.1. The molecule has 0 spiro atoms. The third-order valence-corrected chi connectivity index (χ3v) is 4.69. The Hall–Kier alpha value is -2.70. The van der Waals surface area contributed by atoms with Gasteiger partial charge in [-0.1, -0.05) is 113 Å². The van der Waals surface area contributed by atoms with E-state index in [0.29, 0.717) is 12.8 Å². The van der Waals surface area contributed by atoms with Crippen LogP contribution in [0.5, 0.6) is 0 Å². The Morgan fingerprint density at radius 2 is 0.969 bits per heavy atom. The second kappa shape index (κ2) is 19.0. The monoisotopic (exact) mass is 444 g/mol. The normalized spacial score (nSPS) is 11.8. The maximum absolute atomic E-state index is 10.4. The van der Waals surface area contributed by atoms with Crippen molar-refractivity contribution in [2.45, 2.75) is 77.3 Å². The van der Waals surface area contributed by atoms with Gasteiger partial charge in [0.15, 0.2) is 0 Å². The predicted molar refractivity (Wildman–Crippen MR) is 131 cm³/mol. The summed E-state index contributed by atoms with van der Waals surface area (Å²) in [5.41, 5.74) is 12.6. The molecule has 2 aromatic carbocycles. The molecular formula is C26H40N2O4. The minimum atomic E-state index is -0.959. The maximum Gasteiger partial charge on any atom is 0.320 e. The average molecular weight is 445 g/mol. The van der Waals surface area contributed by atoms with Crippen molar-refractivity contribution in [2.75, 3.05) is 0 Å². The lowest BCUT2D eigenvalue weighted by Gasteiger charge is -2.04. The Morgan fingerprint density at radius 1 is 0.656 bits per heavy atom. The molecule has 0 heterocycles. The van der Waals surface area contributed by atoms with Crippen LogP contribution in [0.4, 0.5) is 0 Å². The quantitative estimate of drug-likeness (QED) is 0.374. The first-order valence-corrected chi connectivity index (χ1v) is 11.4. The second-order valence-electron chi connectivity index (χ2n) is 7.68. The van der Waals surface area contributed by atoms with Crippen molar-refractivity contribution in [3.05, 3.63) is 71.8 Å². The molecule has 0 bridgehead atoms. The van der Waals surface area contributed by atoms with Gasteiger partial charge in [-0.15, -0.1) is 0 Å². The zero-order valence-electron chi connectivity index (χ0n) is 19.5. The lowest BCUT2D eigenvalue weighted by atomic mass is 10.1. The van der Waals surface area contributed by atoms with Gasteiger partial charge in [0.1, 0.15) is 12.1 Å². The van der Waals surface area contributed by atoms with Crippen molar-refractivity contribution >= 4 is 11.9 Å². The van der Waals surface area contributed by atoms with Crippen LogP contribution in [0.1, 0.15) is 63.5 Å². The van der Waals surface area contributed by atoms with Gasteiger partial charge in [0.2, 0.25) is 0 Å². The minimum absolute atomic E-state index is 0.385. The summed E-state index contributed by atoms with van der Waals surface area (Å²) < 4.78 is 0. The molecule has 32 heavy (non-hydrogen) atoms. The Bertz CT molecular complexity index is 660. The van der Waals surface area contributed by atoms with Gasteiger partial charge in [-0.2, -0.15) is 0 Å². The molecule has 0 unspecified atom stereocenters. The van der Waals surface area contributed by atoms with E-state index in [1.165, 1.54) is 38.5 Å². The number of carboxylic acid groups (broad SMARTS) is 2. The highest BCUT2D eigenvalue weighted by Gasteiger charge is 2.11. The maximum atomic E-state index is 10.4. The first kappa shape index (κ1) is 29.3. The van der Waals surface area contributed by atoms with Crippen LogP contribution < -0.4 is 11.5 Å². The first-order chi connectivity index (χ1) is 15.3. The predicted octanol–water partition coefficient (Wildman–Crippen LogP) is 4.65. The molecule has 0 aliphatic carbocycles. The molecular weight excluding hydrogens is 404 g/mol. The fraction of sp³-hybridized carbons (Fsp3) is 0.462. The van der Waals surface area contributed by atoms with E-state index in [2.05, 4.69) is 13.8 Å². The third kappa shape index (κ3) is 16.1. The molecule has 2 atom stereocenters. The lowest BCUT2D eigenvalue weighted by molar-refractivity contribution is -0.139. The van der Waals surface area contributed by atoms with Crippen molar-refractivity contribution in [3.8, 4) is 0 Å². The zero-order valence-corrected chi connectivity index (χ0v) is 19.5. The third-order valence-electron chi connectivity index (χ3n) is 4.69. The van der Waals surface area contributed by atoms with Gasteiger partial charge in [0.05, 0.1) is 0 Å². The number of carboxylic acids is 2. The van der Waals surface area contributed by atoms with Gasteiger partial charge < -0.3 is 21.7 Å². The summed E-state index contributed by atoms with van der Waals surface area (Å²) >= 11 is 0. The summed E-state index contributed by atoms with van der Waals surface area (Å²) in [6.07, 6.45) is 9.26. The molecule has 2 aromatic rings. The summed E-state index contributed by atoms with van der Waals surface area (Å²) in [4.78, 5) is 20.8. The molecule has 0 saturated carbocycles. The standard InChI is InChI=1S/2C9H11NO2.C8H18/c2*10-8(9(11)12)6-7-4-2-1-3-5-7;1-3-5-7-8-6-4-2/h2*1-5,8H,6,10H2,(H,11,12);3-8H2,1-2H3/t2*8-;/m00./s1. The number of nitrogens with two attached hydrogens (primary N) is 2. The summed E-state index contributed by atoms with van der Waals surface area (Å²) in [5.74, 6) is -1.92. The molecule has 178 valence electrons. The minimum Gasteiger partial charge on any atom is -0.480 e. The van der Waals surface area contributed by atoms with E-state index in [-0.39, 0.29) is 0 Å². The smallest absolute Gasteiger partial charge is 0.320 e. The number of rotatable bonds is 11. The van der Waals surface area contributed by atoms with Crippen LogP contribution >= 0.6 is 0 Å². The number of carbonyl (C=O) groups is 2. The fourth-order valence-electron chi connectivity index (χ4n) is 2.76. The lowest BCUT2D eigenvalue weighted by Crippen LogP contribution is -2.32. The summed E-state index contributed by atoms with van der Waals surface area (Å²) in [6.45, 7) is 4.51. The van der Waals surface area contributed by atoms with E-state index in [1.807, 2.05) is 60.7 Å². The SMILES string of the molecule is CCCCCCCC.N[C@@H](Cc1ccccc1)C(=O)O.N[C@@H](Cc1ccccc1)C(=O)O. The molecule has 6 nitrogen and oxygen atoms in total. The van der Waals surface area contributed by atoms with E-state index in [0.717, 1.165) is 11.1 Å². The van der Waals surface area contributed by atoms with Crippen molar-refractivity contribution in [1.29, 1.82) is 0 Å². The van der Waals surface area contributed by atoms with Crippen molar-refractivity contribution in [1.82, 2.24) is 0 Å². The highest BCUT2D eigenvalue weighted by Crippen LogP contribution is 2.04. The molecule has 2 rings (SSSR count). The molecule has 0 radical (unpaired) electrons. The summed E-state index contributed by atoms with van der Waals surface area (Å²) in [7, 11) is 0. The topological polar surface area (TPSA) is 127 Å². The Kier molecular flexibility index (Phi) is 17.4. The van der Waals surface area contributed by atoms with Gasteiger partial charge >= 0.3 is 11.9 Å². The first-order valence-electron chi connectivity index (χ1n) is 11.4. The molecule has 0 amide bonds. The van der Waals surface area contributed by atoms with Crippen molar-refractivity contribution in [2.24, 2.45) is 11.5 Å². The molecule has 0 aliphatic heterocycles. The van der Waals surface area contributed by atoms with E-state index < -0.39 is 24.0 Å². The van der Waals surface area contributed by atoms with Crippen LogP contribution in [0.2, 0.25) is 0 Å². The van der Waals surface area contributed by atoms with Crippen LogP contribution in [0.3, 0.4) is 0 Å². The van der Waals surface area contributed by atoms with Crippen LogP contribution in [0.25, 0.3) is 0 Å². The number of hydrogen-bond acceptors (Lipinski definition) is 4. The van der Waals surface area contributed by atoms with E-state index >= 15 is 0 Å². The van der Waals surface area contributed by atoms with Gasteiger partial charge in [0.25, 0.3) is 0 Å². The number of hydrogen-bond donors (Lipinski definition) is 4. The number of benzene rings is 2. The van der Waals surface area contributed by atoms with Crippen LogP contribution in [0, 0.1) is 0 Å². The fourth-order valence-corrected chi connectivity index (χ4v) is 2.76. The average Bonchev–Trinajstić information content (AvgIpc) is 2.79. The van der Waals surface area contributed by atoms with Gasteiger partial charge in [-0.25, -0.2) is 0 Å². The molecule has 6 heteroatoms. The number of aliphatic carboxylic acids is 2. The molecule has 6 N–H and O–H groups in total. The molecule has 0 aliphatic rings. The van der Waals surface area contributed by atoms with Crippen LogP contribution in [0.15, 0.2) is 60.7 Å². The highest BCUT2D eigenvalue weighted by molar-refractivity contribution is 5.73. The van der Waals surface area contributed by atoms with Gasteiger partial charge in [0, 0.05) is 0 Å².